The summed E-state index contributed by atoms with van der Waals surface area (Å²) in [5, 5.41) is 9.73. The van der Waals surface area contributed by atoms with Crippen LogP contribution in [0.15, 0.2) is 9.59 Å². The van der Waals surface area contributed by atoms with Crippen LogP contribution in [0.4, 0.5) is 0 Å². The lowest BCUT2D eigenvalue weighted by molar-refractivity contribution is 0.401. The molecule has 90 valence electrons. The van der Waals surface area contributed by atoms with Crippen LogP contribution in [0.25, 0.3) is 0 Å². The summed E-state index contributed by atoms with van der Waals surface area (Å²) in [4.78, 5) is 23.2. The van der Waals surface area contributed by atoms with E-state index in [4.69, 9.17) is 0 Å². The highest BCUT2D eigenvalue weighted by Crippen LogP contribution is 2.12. The van der Waals surface area contributed by atoms with Gasteiger partial charge in [0.25, 0.3) is 5.56 Å². The third-order valence-electron chi connectivity index (χ3n) is 2.75. The van der Waals surface area contributed by atoms with E-state index in [1.165, 1.54) is 14.1 Å². The van der Waals surface area contributed by atoms with Crippen molar-refractivity contribution in [3.8, 4) is 5.88 Å². The first-order valence-electron chi connectivity index (χ1n) is 5.48. The van der Waals surface area contributed by atoms with Crippen molar-refractivity contribution in [3.05, 3.63) is 26.4 Å². The first-order chi connectivity index (χ1) is 7.50. The Morgan fingerprint density at radius 2 is 1.75 bits per heavy atom. The van der Waals surface area contributed by atoms with Crippen molar-refractivity contribution in [3.63, 3.8) is 0 Å². The lowest BCUT2D eigenvalue weighted by Crippen LogP contribution is -2.38. The van der Waals surface area contributed by atoms with E-state index in [0.717, 1.165) is 28.4 Å². The molecule has 0 bridgehead atoms. The van der Waals surface area contributed by atoms with Crippen LogP contribution in [0.2, 0.25) is 0 Å². The smallest absolute Gasteiger partial charge is 0.333 e. The van der Waals surface area contributed by atoms with Crippen LogP contribution >= 0.6 is 0 Å². The summed E-state index contributed by atoms with van der Waals surface area (Å²) < 4.78 is 2.13. The summed E-state index contributed by atoms with van der Waals surface area (Å²) in [7, 11) is 2.88. The predicted octanol–water partition coefficient (Wildman–Crippen LogP) is 0.522. The molecule has 1 N–H and O–H groups in total. The van der Waals surface area contributed by atoms with E-state index in [2.05, 4.69) is 6.92 Å². The van der Waals surface area contributed by atoms with E-state index in [0.29, 0.717) is 12.0 Å². The number of aromatic hydroxyl groups is 1. The Labute approximate surface area is 94.0 Å². The first-order valence-corrected chi connectivity index (χ1v) is 5.48. The molecule has 1 aromatic heterocycles. The molecule has 0 saturated carbocycles. The maximum atomic E-state index is 11.7. The fraction of sp³-hybridized carbons (Fsp3) is 0.636. The number of rotatable bonds is 4. The second kappa shape index (κ2) is 5.01. The van der Waals surface area contributed by atoms with Crippen molar-refractivity contribution in [1.82, 2.24) is 9.13 Å². The van der Waals surface area contributed by atoms with E-state index < -0.39 is 11.2 Å². The van der Waals surface area contributed by atoms with E-state index in [1.54, 1.807) is 0 Å². The van der Waals surface area contributed by atoms with Gasteiger partial charge in [0.05, 0.1) is 5.56 Å². The van der Waals surface area contributed by atoms with Crippen molar-refractivity contribution in [1.29, 1.82) is 0 Å². The van der Waals surface area contributed by atoms with Crippen LogP contribution in [0.3, 0.4) is 0 Å². The number of hydrogen-bond donors (Lipinski definition) is 1. The standard InChI is InChI=1S/C11H18N2O3/c1-4-5-6-7-8-9(14)12(2)11(16)13(3)10(8)15/h14H,4-7H2,1-3H3. The van der Waals surface area contributed by atoms with Crippen molar-refractivity contribution in [2.24, 2.45) is 14.1 Å². The van der Waals surface area contributed by atoms with Gasteiger partial charge in [-0.25, -0.2) is 4.79 Å². The van der Waals surface area contributed by atoms with Crippen LogP contribution in [-0.4, -0.2) is 14.2 Å². The predicted molar refractivity (Wildman–Crippen MR) is 61.8 cm³/mol. The zero-order chi connectivity index (χ0) is 12.3. The number of hydrogen-bond acceptors (Lipinski definition) is 3. The molecule has 0 aromatic carbocycles. The van der Waals surface area contributed by atoms with E-state index in [9.17, 15) is 14.7 Å². The minimum absolute atomic E-state index is 0.204. The van der Waals surface area contributed by atoms with Gasteiger partial charge in [0.1, 0.15) is 0 Å². The van der Waals surface area contributed by atoms with Gasteiger partial charge in [-0.1, -0.05) is 19.8 Å². The highest BCUT2D eigenvalue weighted by Gasteiger charge is 2.13. The van der Waals surface area contributed by atoms with Crippen LogP contribution in [-0.2, 0) is 20.5 Å². The minimum Gasteiger partial charge on any atom is -0.494 e. The summed E-state index contributed by atoms with van der Waals surface area (Å²) in [5.41, 5.74) is -0.559. The molecule has 0 amide bonds. The second-order valence-electron chi connectivity index (χ2n) is 3.97. The Balaban J connectivity index is 3.19. The summed E-state index contributed by atoms with van der Waals surface area (Å²) in [6, 6.07) is 0. The molecule has 0 saturated heterocycles. The van der Waals surface area contributed by atoms with Gasteiger partial charge in [-0.3, -0.25) is 13.9 Å². The Hall–Kier alpha value is -1.52. The third-order valence-corrected chi connectivity index (χ3v) is 2.75. The van der Waals surface area contributed by atoms with Crippen LogP contribution in [0.1, 0.15) is 31.7 Å². The van der Waals surface area contributed by atoms with Gasteiger partial charge in [-0.2, -0.15) is 0 Å². The molecule has 0 atom stereocenters. The van der Waals surface area contributed by atoms with E-state index >= 15 is 0 Å². The first kappa shape index (κ1) is 12.5. The minimum atomic E-state index is -0.498. The molecule has 0 radical (unpaired) electrons. The van der Waals surface area contributed by atoms with Gasteiger partial charge in [0, 0.05) is 14.1 Å². The number of nitrogens with zero attached hydrogens (tertiary/aromatic N) is 2. The summed E-state index contributed by atoms with van der Waals surface area (Å²) in [6.45, 7) is 2.07. The SMILES string of the molecule is CCCCCc1c(O)n(C)c(=O)n(C)c1=O. The van der Waals surface area contributed by atoms with Crippen LogP contribution < -0.4 is 11.2 Å². The normalized spacial score (nSPS) is 10.7. The monoisotopic (exact) mass is 226 g/mol. The van der Waals surface area contributed by atoms with Crippen molar-refractivity contribution >= 4 is 0 Å². The molecule has 0 fully saturated rings. The average molecular weight is 226 g/mol. The quantitative estimate of drug-likeness (QED) is 0.761. The Kier molecular flexibility index (Phi) is 3.93. The Bertz CT molecular complexity index is 485. The fourth-order valence-electron chi connectivity index (χ4n) is 1.67. The summed E-state index contributed by atoms with van der Waals surface area (Å²) in [6.07, 6.45) is 3.41. The highest BCUT2D eigenvalue weighted by molar-refractivity contribution is 5.22. The lowest BCUT2D eigenvalue weighted by atomic mass is 10.1. The van der Waals surface area contributed by atoms with Crippen molar-refractivity contribution in [2.75, 3.05) is 0 Å². The third kappa shape index (κ3) is 2.18. The lowest BCUT2D eigenvalue weighted by Gasteiger charge is -2.09. The van der Waals surface area contributed by atoms with Crippen molar-refractivity contribution in [2.45, 2.75) is 32.6 Å². The topological polar surface area (TPSA) is 64.2 Å². The molecule has 1 aromatic rings. The maximum absolute atomic E-state index is 11.7. The number of unbranched alkanes of at least 4 members (excludes halogenated alkanes) is 2. The summed E-state index contributed by atoms with van der Waals surface area (Å²) in [5.74, 6) is -0.204. The van der Waals surface area contributed by atoms with Gasteiger partial charge in [0.15, 0.2) is 0 Å². The molecule has 16 heavy (non-hydrogen) atoms. The largest absolute Gasteiger partial charge is 0.494 e. The average Bonchev–Trinajstić information content (AvgIpc) is 2.28. The molecule has 1 rings (SSSR count). The van der Waals surface area contributed by atoms with Gasteiger partial charge < -0.3 is 5.11 Å². The molecule has 1 heterocycles. The van der Waals surface area contributed by atoms with Gasteiger partial charge in [-0.05, 0) is 12.8 Å². The molecule has 0 unspecified atom stereocenters. The Morgan fingerprint density at radius 3 is 2.31 bits per heavy atom. The highest BCUT2D eigenvalue weighted by atomic mass is 16.3. The molecule has 5 nitrogen and oxygen atoms in total. The van der Waals surface area contributed by atoms with E-state index in [-0.39, 0.29) is 5.88 Å². The zero-order valence-corrected chi connectivity index (χ0v) is 9.99. The van der Waals surface area contributed by atoms with E-state index in [1.807, 2.05) is 0 Å². The zero-order valence-electron chi connectivity index (χ0n) is 9.99. The van der Waals surface area contributed by atoms with Gasteiger partial charge in [0.2, 0.25) is 5.88 Å². The number of aromatic nitrogens is 2. The second-order valence-corrected chi connectivity index (χ2v) is 3.97. The fourth-order valence-corrected chi connectivity index (χ4v) is 1.67. The molecular weight excluding hydrogens is 208 g/mol. The van der Waals surface area contributed by atoms with Gasteiger partial charge >= 0.3 is 5.69 Å². The van der Waals surface area contributed by atoms with Crippen LogP contribution in [0, 0.1) is 0 Å². The maximum Gasteiger partial charge on any atom is 0.333 e. The van der Waals surface area contributed by atoms with Gasteiger partial charge in [-0.15, -0.1) is 0 Å². The van der Waals surface area contributed by atoms with Crippen molar-refractivity contribution < 1.29 is 5.11 Å². The summed E-state index contributed by atoms with van der Waals surface area (Å²) >= 11 is 0. The molecule has 5 heteroatoms. The molecule has 0 aliphatic carbocycles. The van der Waals surface area contributed by atoms with Crippen LogP contribution in [0.5, 0.6) is 5.88 Å². The molecule has 0 aliphatic rings. The molecule has 0 aliphatic heterocycles. The molecular formula is C11H18N2O3. The Morgan fingerprint density at radius 1 is 1.12 bits per heavy atom. The molecule has 0 spiro atoms.